The average molecular weight is 364 g/mol. The predicted molar refractivity (Wildman–Crippen MR) is 109 cm³/mol. The summed E-state index contributed by atoms with van der Waals surface area (Å²) in [6, 6.07) is 15.2. The maximum Gasteiger partial charge on any atom is 0.228 e. The second kappa shape index (κ2) is 6.40. The smallest absolute Gasteiger partial charge is 0.228 e. The largest absolute Gasteiger partial charge is 0.497 e. The molecule has 1 fully saturated rings. The maximum absolute atomic E-state index is 13.1. The van der Waals surface area contributed by atoms with Crippen LogP contribution in [-0.4, -0.2) is 24.5 Å². The summed E-state index contributed by atoms with van der Waals surface area (Å²) in [5.41, 5.74) is 4.83. The van der Waals surface area contributed by atoms with Gasteiger partial charge in [-0.1, -0.05) is 52.0 Å². The molecule has 2 unspecified atom stereocenters. The number of amides is 1. The van der Waals surface area contributed by atoms with E-state index in [0.29, 0.717) is 11.8 Å². The van der Waals surface area contributed by atoms with Gasteiger partial charge in [-0.05, 0) is 58.7 Å². The van der Waals surface area contributed by atoms with Crippen molar-refractivity contribution in [2.45, 2.75) is 46.1 Å². The number of benzene rings is 2. The number of ether oxygens (including phenoxy) is 1. The summed E-state index contributed by atoms with van der Waals surface area (Å²) in [5.74, 6) is 2.18. The number of carbonyl (C=O) groups excluding carboxylic acids is 1. The molecule has 1 aliphatic heterocycles. The van der Waals surface area contributed by atoms with Crippen LogP contribution < -0.4 is 4.74 Å². The highest BCUT2D eigenvalue weighted by molar-refractivity contribution is 5.82. The Labute approximate surface area is 162 Å². The van der Waals surface area contributed by atoms with E-state index in [4.69, 9.17) is 4.74 Å². The number of rotatable bonds is 2. The second-order valence-corrected chi connectivity index (χ2v) is 9.02. The molecule has 0 radical (unpaired) electrons. The van der Waals surface area contributed by atoms with Gasteiger partial charge in [0.15, 0.2) is 0 Å². The van der Waals surface area contributed by atoms with Gasteiger partial charge in [-0.15, -0.1) is 0 Å². The van der Waals surface area contributed by atoms with E-state index in [0.717, 1.165) is 18.7 Å². The molecular weight excluding hydrogens is 334 g/mol. The van der Waals surface area contributed by atoms with Crippen LogP contribution in [0.2, 0.25) is 0 Å². The molecule has 0 saturated carbocycles. The summed E-state index contributed by atoms with van der Waals surface area (Å²) >= 11 is 0. The number of hydrogen-bond acceptors (Lipinski definition) is 2. The minimum absolute atomic E-state index is 0.198. The first kappa shape index (κ1) is 18.1. The molecule has 3 atom stereocenters. The Hall–Kier alpha value is -2.29. The molecule has 1 amide bonds. The molecule has 2 aromatic carbocycles. The van der Waals surface area contributed by atoms with Crippen molar-refractivity contribution in [3.8, 4) is 16.9 Å². The number of carbonyl (C=O) groups is 1. The zero-order valence-corrected chi connectivity index (χ0v) is 17.0. The third-order valence-electron chi connectivity index (χ3n) is 6.28. The van der Waals surface area contributed by atoms with E-state index in [9.17, 15) is 4.79 Å². The summed E-state index contributed by atoms with van der Waals surface area (Å²) in [7, 11) is 1.69. The minimum atomic E-state index is -0.344. The molecule has 0 aromatic heterocycles. The SMILES string of the molecule is COc1ccc(-c2ccc3c(c2)C2[C@@H](C)C3CCN2C(=O)C(C)(C)C)cc1. The summed E-state index contributed by atoms with van der Waals surface area (Å²) < 4.78 is 5.28. The fourth-order valence-corrected chi connectivity index (χ4v) is 4.86. The Bertz CT molecular complexity index is 863. The van der Waals surface area contributed by atoms with Gasteiger partial charge >= 0.3 is 0 Å². The molecule has 0 spiro atoms. The van der Waals surface area contributed by atoms with Gasteiger partial charge in [0.05, 0.1) is 13.2 Å². The van der Waals surface area contributed by atoms with Crippen LogP contribution in [0.5, 0.6) is 5.75 Å². The molecule has 3 nitrogen and oxygen atoms in total. The summed E-state index contributed by atoms with van der Waals surface area (Å²) in [5, 5.41) is 0. The lowest BCUT2D eigenvalue weighted by atomic mass is 9.83. The third kappa shape index (κ3) is 2.93. The molecular formula is C24H29NO2. The topological polar surface area (TPSA) is 29.5 Å². The van der Waals surface area contributed by atoms with Gasteiger partial charge in [-0.2, -0.15) is 0 Å². The van der Waals surface area contributed by atoms with E-state index in [2.05, 4.69) is 42.2 Å². The zero-order valence-electron chi connectivity index (χ0n) is 17.0. The van der Waals surface area contributed by atoms with E-state index in [-0.39, 0.29) is 17.4 Å². The number of nitrogens with zero attached hydrogens (tertiary/aromatic N) is 1. The monoisotopic (exact) mass is 363 g/mol. The maximum atomic E-state index is 13.1. The second-order valence-electron chi connectivity index (χ2n) is 9.02. The van der Waals surface area contributed by atoms with Crippen molar-refractivity contribution in [1.82, 2.24) is 4.90 Å². The van der Waals surface area contributed by atoms with Gasteiger partial charge in [-0.3, -0.25) is 4.79 Å². The highest BCUT2D eigenvalue weighted by Gasteiger charge is 2.47. The minimum Gasteiger partial charge on any atom is -0.497 e. The fourth-order valence-electron chi connectivity index (χ4n) is 4.86. The van der Waals surface area contributed by atoms with E-state index < -0.39 is 0 Å². The van der Waals surface area contributed by atoms with Crippen LogP contribution in [0.3, 0.4) is 0 Å². The lowest BCUT2D eigenvalue weighted by Crippen LogP contribution is -2.46. The number of fused-ring (bicyclic) bond motifs is 5. The lowest BCUT2D eigenvalue weighted by Gasteiger charge is -2.41. The van der Waals surface area contributed by atoms with Crippen LogP contribution in [0.15, 0.2) is 42.5 Å². The Kier molecular flexibility index (Phi) is 4.29. The van der Waals surface area contributed by atoms with Gasteiger partial charge in [0.2, 0.25) is 5.91 Å². The van der Waals surface area contributed by atoms with Crippen LogP contribution in [0, 0.1) is 11.3 Å². The third-order valence-corrected chi connectivity index (χ3v) is 6.28. The molecule has 1 heterocycles. The number of hydrogen-bond donors (Lipinski definition) is 0. The number of piperidine rings is 1. The fraction of sp³-hybridized carbons (Fsp3) is 0.458. The van der Waals surface area contributed by atoms with Crippen LogP contribution in [0.4, 0.5) is 0 Å². The summed E-state index contributed by atoms with van der Waals surface area (Å²) in [6.45, 7) is 9.24. The average Bonchev–Trinajstić information content (AvgIpc) is 2.82. The predicted octanol–water partition coefficient (Wildman–Crippen LogP) is 5.42. The quantitative estimate of drug-likeness (QED) is 0.713. The molecule has 2 aliphatic rings. The van der Waals surface area contributed by atoms with Crippen LogP contribution in [0.1, 0.15) is 57.2 Å². The molecule has 4 rings (SSSR count). The molecule has 3 heteroatoms. The molecule has 142 valence electrons. The Morgan fingerprint density at radius 1 is 1.04 bits per heavy atom. The van der Waals surface area contributed by atoms with E-state index in [1.54, 1.807) is 7.11 Å². The van der Waals surface area contributed by atoms with Gasteiger partial charge in [0.1, 0.15) is 5.75 Å². The molecule has 1 saturated heterocycles. The van der Waals surface area contributed by atoms with Gasteiger partial charge in [0.25, 0.3) is 0 Å². The molecule has 1 aliphatic carbocycles. The number of likely N-dealkylation sites (tertiary alicyclic amines) is 1. The van der Waals surface area contributed by atoms with E-state index in [1.165, 1.54) is 22.3 Å². The van der Waals surface area contributed by atoms with Crippen LogP contribution in [0.25, 0.3) is 11.1 Å². The van der Waals surface area contributed by atoms with Gasteiger partial charge < -0.3 is 9.64 Å². The molecule has 2 bridgehead atoms. The molecule has 27 heavy (non-hydrogen) atoms. The van der Waals surface area contributed by atoms with Gasteiger partial charge in [-0.25, -0.2) is 0 Å². The zero-order chi connectivity index (χ0) is 19.3. The van der Waals surface area contributed by atoms with Crippen molar-refractivity contribution in [3.63, 3.8) is 0 Å². The van der Waals surface area contributed by atoms with Crippen molar-refractivity contribution in [2.75, 3.05) is 13.7 Å². The lowest BCUT2D eigenvalue weighted by molar-refractivity contribution is -0.144. The van der Waals surface area contributed by atoms with Crippen molar-refractivity contribution < 1.29 is 9.53 Å². The van der Waals surface area contributed by atoms with Crippen molar-refractivity contribution in [2.24, 2.45) is 11.3 Å². The van der Waals surface area contributed by atoms with Crippen molar-refractivity contribution in [3.05, 3.63) is 53.6 Å². The normalized spacial score (nSPS) is 23.9. The Balaban J connectivity index is 1.74. The highest BCUT2D eigenvalue weighted by atomic mass is 16.5. The van der Waals surface area contributed by atoms with E-state index >= 15 is 0 Å². The Morgan fingerprint density at radius 2 is 1.70 bits per heavy atom. The van der Waals surface area contributed by atoms with E-state index in [1.807, 2.05) is 32.9 Å². The van der Waals surface area contributed by atoms with Crippen molar-refractivity contribution >= 4 is 5.91 Å². The first-order valence-electron chi connectivity index (χ1n) is 9.90. The van der Waals surface area contributed by atoms with Crippen LogP contribution in [-0.2, 0) is 4.79 Å². The summed E-state index contributed by atoms with van der Waals surface area (Å²) in [4.78, 5) is 15.2. The van der Waals surface area contributed by atoms with Crippen molar-refractivity contribution in [1.29, 1.82) is 0 Å². The number of methoxy groups -OCH3 is 1. The van der Waals surface area contributed by atoms with Crippen LogP contribution >= 0.6 is 0 Å². The first-order valence-corrected chi connectivity index (χ1v) is 9.90. The highest BCUT2D eigenvalue weighted by Crippen LogP contribution is 2.54. The van der Waals surface area contributed by atoms with Gasteiger partial charge in [0, 0.05) is 12.0 Å². The first-order chi connectivity index (χ1) is 12.8. The molecule has 0 N–H and O–H groups in total. The molecule has 2 aromatic rings. The Morgan fingerprint density at radius 3 is 2.33 bits per heavy atom. The summed E-state index contributed by atoms with van der Waals surface area (Å²) in [6.07, 6.45) is 1.06. The standard InChI is InChI=1S/C24H29NO2/c1-15-19-12-13-25(23(26)24(2,3)4)22(15)21-14-17(8-11-20(19)21)16-6-9-18(27-5)10-7-16/h6-11,14-15,19,22H,12-13H2,1-5H3/t15-,19?,22?/m0/s1.